The van der Waals surface area contributed by atoms with Crippen LogP contribution >= 0.6 is 0 Å². The second kappa shape index (κ2) is 7.98. The summed E-state index contributed by atoms with van der Waals surface area (Å²) in [5.74, 6) is 0.0833. The lowest BCUT2D eigenvalue weighted by atomic mass is 9.97. The zero-order valence-corrected chi connectivity index (χ0v) is 7.38. The standard InChI is InChI=1S/C8H18O2.H2O/c1-3-5-8(10)7(4-2)6-9;/h7-10H,3-6H2,1-2H3;1H2. The van der Waals surface area contributed by atoms with Gasteiger partial charge in [0.15, 0.2) is 0 Å². The van der Waals surface area contributed by atoms with Gasteiger partial charge in [-0.3, -0.25) is 0 Å². The molecule has 3 heteroatoms. The van der Waals surface area contributed by atoms with E-state index in [-0.39, 0.29) is 24.1 Å². The van der Waals surface area contributed by atoms with Crippen LogP contribution in [0.3, 0.4) is 0 Å². The minimum Gasteiger partial charge on any atom is -0.412 e. The summed E-state index contributed by atoms with van der Waals surface area (Å²) in [5.41, 5.74) is 0. The van der Waals surface area contributed by atoms with E-state index in [0.29, 0.717) is 0 Å². The summed E-state index contributed by atoms with van der Waals surface area (Å²) in [6.07, 6.45) is 2.34. The Balaban J connectivity index is 0. The molecule has 2 atom stereocenters. The summed E-state index contributed by atoms with van der Waals surface area (Å²) in [6, 6.07) is 0. The van der Waals surface area contributed by atoms with E-state index in [1.54, 1.807) is 0 Å². The van der Waals surface area contributed by atoms with E-state index in [0.717, 1.165) is 19.3 Å². The van der Waals surface area contributed by atoms with E-state index in [4.69, 9.17) is 5.11 Å². The van der Waals surface area contributed by atoms with Crippen LogP contribution < -0.4 is 0 Å². The Labute approximate surface area is 68.4 Å². The van der Waals surface area contributed by atoms with Crippen molar-refractivity contribution >= 4 is 0 Å². The lowest BCUT2D eigenvalue weighted by Crippen LogP contribution is -2.22. The highest BCUT2D eigenvalue weighted by molar-refractivity contribution is 4.65. The van der Waals surface area contributed by atoms with Crippen molar-refractivity contribution in [2.75, 3.05) is 6.61 Å². The van der Waals surface area contributed by atoms with Gasteiger partial charge in [-0.2, -0.15) is 0 Å². The molecule has 0 bridgehead atoms. The molecule has 70 valence electrons. The van der Waals surface area contributed by atoms with Gasteiger partial charge in [-0.1, -0.05) is 20.3 Å². The third kappa shape index (κ3) is 5.18. The second-order valence-electron chi connectivity index (χ2n) is 2.71. The second-order valence-corrected chi connectivity index (χ2v) is 2.71. The molecular formula is C8H20O3. The summed E-state index contributed by atoms with van der Waals surface area (Å²) in [7, 11) is 0. The molecule has 0 aromatic carbocycles. The molecule has 3 nitrogen and oxygen atoms in total. The van der Waals surface area contributed by atoms with Gasteiger partial charge < -0.3 is 15.7 Å². The Kier molecular flexibility index (Phi) is 9.77. The maximum Gasteiger partial charge on any atom is 0.0590 e. The molecule has 0 saturated heterocycles. The number of aliphatic hydroxyl groups is 2. The normalized spacial score (nSPS) is 15.3. The van der Waals surface area contributed by atoms with Gasteiger partial charge in [-0.25, -0.2) is 0 Å². The van der Waals surface area contributed by atoms with Crippen molar-refractivity contribution in [3.8, 4) is 0 Å². The molecule has 0 aliphatic rings. The Hall–Kier alpha value is -0.120. The SMILES string of the molecule is CCCC(O)C(CC)CO.O. The van der Waals surface area contributed by atoms with E-state index >= 15 is 0 Å². The van der Waals surface area contributed by atoms with Crippen LogP contribution in [-0.4, -0.2) is 28.4 Å². The van der Waals surface area contributed by atoms with Crippen LogP contribution in [0.25, 0.3) is 0 Å². The van der Waals surface area contributed by atoms with Crippen LogP contribution in [0.15, 0.2) is 0 Å². The van der Waals surface area contributed by atoms with Crippen LogP contribution in [0, 0.1) is 5.92 Å². The fraction of sp³-hybridized carbons (Fsp3) is 1.00. The molecule has 0 spiro atoms. The molecule has 0 fully saturated rings. The highest BCUT2D eigenvalue weighted by atomic mass is 16.3. The third-order valence-electron chi connectivity index (χ3n) is 1.89. The fourth-order valence-electron chi connectivity index (χ4n) is 1.05. The van der Waals surface area contributed by atoms with Gasteiger partial charge in [0.25, 0.3) is 0 Å². The average Bonchev–Trinajstić information content (AvgIpc) is 1.91. The summed E-state index contributed by atoms with van der Waals surface area (Å²) in [5, 5.41) is 18.1. The minimum absolute atomic E-state index is 0. The molecule has 0 heterocycles. The Morgan fingerprint density at radius 1 is 1.27 bits per heavy atom. The minimum atomic E-state index is -0.306. The van der Waals surface area contributed by atoms with Crippen molar-refractivity contribution in [3.63, 3.8) is 0 Å². The van der Waals surface area contributed by atoms with Gasteiger partial charge in [0.1, 0.15) is 0 Å². The first-order valence-corrected chi connectivity index (χ1v) is 4.05. The number of rotatable bonds is 5. The average molecular weight is 164 g/mol. The van der Waals surface area contributed by atoms with E-state index in [1.807, 2.05) is 13.8 Å². The van der Waals surface area contributed by atoms with Crippen molar-refractivity contribution in [2.45, 2.75) is 39.2 Å². The Morgan fingerprint density at radius 3 is 2.09 bits per heavy atom. The first-order valence-electron chi connectivity index (χ1n) is 4.05. The molecular weight excluding hydrogens is 144 g/mol. The van der Waals surface area contributed by atoms with Crippen molar-refractivity contribution < 1.29 is 15.7 Å². The smallest absolute Gasteiger partial charge is 0.0590 e. The van der Waals surface area contributed by atoms with Gasteiger partial charge in [0, 0.05) is 12.5 Å². The lowest BCUT2D eigenvalue weighted by Gasteiger charge is -2.17. The topological polar surface area (TPSA) is 72.0 Å². The third-order valence-corrected chi connectivity index (χ3v) is 1.89. The van der Waals surface area contributed by atoms with E-state index in [1.165, 1.54) is 0 Å². The molecule has 11 heavy (non-hydrogen) atoms. The Morgan fingerprint density at radius 2 is 1.82 bits per heavy atom. The van der Waals surface area contributed by atoms with Crippen LogP contribution in [0.5, 0.6) is 0 Å². The molecule has 4 N–H and O–H groups in total. The van der Waals surface area contributed by atoms with Gasteiger partial charge >= 0.3 is 0 Å². The predicted molar refractivity (Wildman–Crippen MR) is 45.4 cm³/mol. The highest BCUT2D eigenvalue weighted by Gasteiger charge is 2.14. The highest BCUT2D eigenvalue weighted by Crippen LogP contribution is 2.11. The lowest BCUT2D eigenvalue weighted by molar-refractivity contribution is 0.0584. The van der Waals surface area contributed by atoms with Crippen LogP contribution in [0.2, 0.25) is 0 Å². The molecule has 0 aromatic heterocycles. The zero-order chi connectivity index (χ0) is 7.98. The molecule has 0 aliphatic carbocycles. The summed E-state index contributed by atoms with van der Waals surface area (Å²) in [6.45, 7) is 4.13. The summed E-state index contributed by atoms with van der Waals surface area (Å²) >= 11 is 0. The fourth-order valence-corrected chi connectivity index (χ4v) is 1.05. The molecule has 0 rings (SSSR count). The van der Waals surface area contributed by atoms with Crippen molar-refractivity contribution in [1.29, 1.82) is 0 Å². The number of hydrogen-bond donors (Lipinski definition) is 2. The van der Waals surface area contributed by atoms with Crippen LogP contribution in [0.1, 0.15) is 33.1 Å². The van der Waals surface area contributed by atoms with Crippen LogP contribution in [-0.2, 0) is 0 Å². The van der Waals surface area contributed by atoms with Gasteiger partial charge in [-0.05, 0) is 12.8 Å². The maximum absolute atomic E-state index is 9.35. The summed E-state index contributed by atoms with van der Waals surface area (Å²) < 4.78 is 0. The number of aliphatic hydroxyl groups excluding tert-OH is 2. The Bertz CT molecular complexity index is 71.7. The first-order chi connectivity index (χ1) is 4.76. The van der Waals surface area contributed by atoms with Crippen molar-refractivity contribution in [3.05, 3.63) is 0 Å². The molecule has 0 aliphatic heterocycles. The van der Waals surface area contributed by atoms with Gasteiger partial charge in [-0.15, -0.1) is 0 Å². The van der Waals surface area contributed by atoms with Crippen molar-refractivity contribution in [1.82, 2.24) is 0 Å². The number of hydrogen-bond acceptors (Lipinski definition) is 2. The van der Waals surface area contributed by atoms with E-state index < -0.39 is 0 Å². The van der Waals surface area contributed by atoms with Crippen LogP contribution in [0.4, 0.5) is 0 Å². The van der Waals surface area contributed by atoms with Crippen molar-refractivity contribution in [2.24, 2.45) is 5.92 Å². The van der Waals surface area contributed by atoms with E-state index in [2.05, 4.69) is 0 Å². The zero-order valence-electron chi connectivity index (χ0n) is 7.38. The molecule has 0 amide bonds. The quantitative estimate of drug-likeness (QED) is 0.615. The van der Waals surface area contributed by atoms with Gasteiger partial charge in [0.2, 0.25) is 0 Å². The summed E-state index contributed by atoms with van der Waals surface area (Å²) in [4.78, 5) is 0. The van der Waals surface area contributed by atoms with E-state index in [9.17, 15) is 5.11 Å². The molecule has 0 radical (unpaired) electrons. The maximum atomic E-state index is 9.35. The first kappa shape index (κ1) is 13.5. The molecule has 2 unspecified atom stereocenters. The molecule has 0 aromatic rings. The van der Waals surface area contributed by atoms with Gasteiger partial charge in [0.05, 0.1) is 6.10 Å². The monoisotopic (exact) mass is 164 g/mol. The predicted octanol–water partition coefficient (Wildman–Crippen LogP) is 0.341. The largest absolute Gasteiger partial charge is 0.412 e. The molecule has 0 saturated carbocycles.